The van der Waals surface area contributed by atoms with Crippen molar-refractivity contribution in [1.82, 2.24) is 14.8 Å². The smallest absolute Gasteiger partial charge is 0.267 e. The summed E-state index contributed by atoms with van der Waals surface area (Å²) in [5.41, 5.74) is 1.73. The van der Waals surface area contributed by atoms with E-state index in [1.54, 1.807) is 0 Å². The number of aromatic nitrogens is 1. The van der Waals surface area contributed by atoms with Crippen LogP contribution < -0.4 is 5.32 Å². The van der Waals surface area contributed by atoms with Gasteiger partial charge >= 0.3 is 0 Å². The lowest BCUT2D eigenvalue weighted by molar-refractivity contribution is -0.0236. The fraction of sp³-hybridized carbons (Fsp3) is 0.542. The van der Waals surface area contributed by atoms with E-state index in [2.05, 4.69) is 34.5 Å². The van der Waals surface area contributed by atoms with Crippen molar-refractivity contribution in [3.63, 3.8) is 0 Å². The van der Waals surface area contributed by atoms with Gasteiger partial charge in [0.2, 0.25) is 0 Å². The second kappa shape index (κ2) is 9.33. The van der Waals surface area contributed by atoms with Gasteiger partial charge in [-0.05, 0) is 43.4 Å². The highest BCUT2D eigenvalue weighted by atomic mass is 16.5. The van der Waals surface area contributed by atoms with Crippen LogP contribution >= 0.6 is 0 Å². The highest BCUT2D eigenvalue weighted by molar-refractivity contribution is 5.92. The lowest BCUT2D eigenvalue weighted by atomic mass is 9.74. The summed E-state index contributed by atoms with van der Waals surface area (Å²) < 4.78 is 7.35. The Hall–Kier alpha value is -2.15. The first-order chi connectivity index (χ1) is 14.6. The molecule has 3 atom stereocenters. The monoisotopic (exact) mass is 411 g/mol. The Morgan fingerprint density at radius 2 is 1.87 bits per heavy atom. The van der Waals surface area contributed by atoms with Crippen LogP contribution in [0, 0.1) is 0 Å². The summed E-state index contributed by atoms with van der Waals surface area (Å²) in [4.78, 5) is 15.2. The Bertz CT molecular complexity index is 831. The number of ether oxygens (including phenoxy) is 1. The molecule has 2 fully saturated rings. The first kappa shape index (κ1) is 21.1. The van der Waals surface area contributed by atoms with Crippen molar-refractivity contribution in [2.45, 2.75) is 43.2 Å². The average molecular weight is 412 g/mol. The zero-order valence-electron chi connectivity index (χ0n) is 17.8. The summed E-state index contributed by atoms with van der Waals surface area (Å²) in [6, 6.07) is 14.4. The molecule has 1 aliphatic heterocycles. The van der Waals surface area contributed by atoms with Gasteiger partial charge in [0.25, 0.3) is 5.91 Å². The van der Waals surface area contributed by atoms with E-state index in [9.17, 15) is 9.90 Å². The molecule has 0 unspecified atom stereocenters. The van der Waals surface area contributed by atoms with E-state index in [-0.39, 0.29) is 23.5 Å². The number of aliphatic hydroxyl groups is 1. The van der Waals surface area contributed by atoms with Crippen LogP contribution in [0.3, 0.4) is 0 Å². The standard InChI is InChI=1S/C24H33N3O3/c1-26-13-5-8-21(26)23(29)25-18-24(19-6-3-2-4-7-19)11-9-20(22(28)10-12-24)27-14-16-30-17-15-27/h2-8,13,20,22,28H,9-12,14-18H2,1H3,(H,25,29)/t20-,22-,24-/m1/s1. The summed E-state index contributed by atoms with van der Waals surface area (Å²) in [5, 5.41) is 14.2. The molecule has 1 aromatic heterocycles. The second-order valence-corrected chi connectivity index (χ2v) is 8.69. The number of benzene rings is 1. The van der Waals surface area contributed by atoms with Crippen LogP contribution in [-0.2, 0) is 17.2 Å². The number of aryl methyl sites for hydroxylation is 1. The average Bonchev–Trinajstić information content (AvgIpc) is 3.14. The van der Waals surface area contributed by atoms with E-state index in [0.717, 1.165) is 52.0 Å². The minimum Gasteiger partial charge on any atom is -0.391 e. The highest BCUT2D eigenvalue weighted by Gasteiger charge is 2.40. The Kier molecular flexibility index (Phi) is 6.56. The van der Waals surface area contributed by atoms with Crippen LogP contribution in [0.25, 0.3) is 0 Å². The van der Waals surface area contributed by atoms with Crippen LogP contribution in [0.2, 0.25) is 0 Å². The molecule has 0 radical (unpaired) electrons. The molecule has 2 N–H and O–H groups in total. The van der Waals surface area contributed by atoms with Gasteiger partial charge in [0.1, 0.15) is 5.69 Å². The van der Waals surface area contributed by atoms with E-state index < -0.39 is 0 Å². The largest absolute Gasteiger partial charge is 0.391 e. The maximum absolute atomic E-state index is 12.8. The van der Waals surface area contributed by atoms with Crippen molar-refractivity contribution >= 4 is 5.91 Å². The Morgan fingerprint density at radius 1 is 1.13 bits per heavy atom. The van der Waals surface area contributed by atoms with Gasteiger partial charge in [-0.25, -0.2) is 0 Å². The van der Waals surface area contributed by atoms with Crippen molar-refractivity contribution < 1.29 is 14.6 Å². The fourth-order valence-electron chi connectivity index (χ4n) is 5.09. The molecule has 1 aromatic carbocycles. The summed E-state index contributed by atoms with van der Waals surface area (Å²) in [5.74, 6) is -0.0488. The third-order valence-corrected chi connectivity index (χ3v) is 6.95. The van der Waals surface area contributed by atoms with Gasteiger partial charge in [0.15, 0.2) is 0 Å². The third kappa shape index (κ3) is 4.46. The minimum absolute atomic E-state index is 0.0488. The van der Waals surface area contributed by atoms with E-state index >= 15 is 0 Å². The molecular weight excluding hydrogens is 378 g/mol. The predicted octanol–water partition coefficient (Wildman–Crippen LogP) is 2.33. The predicted molar refractivity (Wildman–Crippen MR) is 117 cm³/mol. The summed E-state index contributed by atoms with van der Waals surface area (Å²) >= 11 is 0. The normalized spacial score (nSPS) is 28.1. The van der Waals surface area contributed by atoms with E-state index in [1.165, 1.54) is 5.56 Å². The van der Waals surface area contributed by atoms with E-state index in [4.69, 9.17) is 4.74 Å². The van der Waals surface area contributed by atoms with Gasteiger partial charge in [0, 0.05) is 44.3 Å². The van der Waals surface area contributed by atoms with Crippen molar-refractivity contribution in [1.29, 1.82) is 0 Å². The topological polar surface area (TPSA) is 66.7 Å². The molecule has 2 aliphatic rings. The van der Waals surface area contributed by atoms with Gasteiger partial charge in [0.05, 0.1) is 19.3 Å². The molecule has 1 saturated heterocycles. The first-order valence-corrected chi connectivity index (χ1v) is 11.0. The van der Waals surface area contributed by atoms with Crippen LogP contribution in [-0.4, -0.2) is 65.5 Å². The quantitative estimate of drug-likeness (QED) is 0.741. The van der Waals surface area contributed by atoms with Gasteiger partial charge < -0.3 is 19.7 Å². The number of nitrogens with zero attached hydrogens (tertiary/aromatic N) is 2. The van der Waals surface area contributed by atoms with Gasteiger partial charge in [-0.1, -0.05) is 30.3 Å². The number of carbonyl (C=O) groups excluding carboxylic acids is 1. The molecule has 2 heterocycles. The van der Waals surface area contributed by atoms with Gasteiger partial charge in [-0.3, -0.25) is 9.69 Å². The molecular formula is C24H33N3O3. The number of hydrogen-bond acceptors (Lipinski definition) is 4. The Balaban J connectivity index is 1.54. The second-order valence-electron chi connectivity index (χ2n) is 8.69. The zero-order chi connectivity index (χ0) is 21.0. The number of hydrogen-bond donors (Lipinski definition) is 2. The lowest BCUT2D eigenvalue weighted by Crippen LogP contribution is -2.48. The van der Waals surface area contributed by atoms with Crippen molar-refractivity contribution in [2.24, 2.45) is 7.05 Å². The first-order valence-electron chi connectivity index (χ1n) is 11.0. The van der Waals surface area contributed by atoms with E-state index in [1.807, 2.05) is 36.0 Å². The number of nitrogens with one attached hydrogen (secondary N) is 1. The van der Waals surface area contributed by atoms with Crippen molar-refractivity contribution in [3.05, 3.63) is 59.9 Å². The fourth-order valence-corrected chi connectivity index (χ4v) is 5.09. The molecule has 162 valence electrons. The summed E-state index contributed by atoms with van der Waals surface area (Å²) in [7, 11) is 1.89. The molecule has 0 bridgehead atoms. The van der Waals surface area contributed by atoms with E-state index in [0.29, 0.717) is 12.2 Å². The molecule has 0 spiro atoms. The van der Waals surface area contributed by atoms with Crippen LogP contribution in [0.15, 0.2) is 48.7 Å². The van der Waals surface area contributed by atoms with Crippen LogP contribution in [0.4, 0.5) is 0 Å². The number of aliphatic hydroxyl groups excluding tert-OH is 1. The molecule has 6 heteroatoms. The molecule has 1 aliphatic carbocycles. The molecule has 4 rings (SSSR count). The maximum Gasteiger partial charge on any atom is 0.267 e. The van der Waals surface area contributed by atoms with Crippen LogP contribution in [0.5, 0.6) is 0 Å². The Morgan fingerprint density at radius 3 is 2.57 bits per heavy atom. The maximum atomic E-state index is 12.8. The van der Waals surface area contributed by atoms with Gasteiger partial charge in [-0.2, -0.15) is 0 Å². The minimum atomic E-state index is -0.350. The molecule has 6 nitrogen and oxygen atoms in total. The Labute approximate surface area is 178 Å². The van der Waals surface area contributed by atoms with Crippen LogP contribution in [0.1, 0.15) is 41.7 Å². The van der Waals surface area contributed by atoms with Crippen molar-refractivity contribution in [2.75, 3.05) is 32.8 Å². The summed E-state index contributed by atoms with van der Waals surface area (Å²) in [6.45, 7) is 3.80. The number of rotatable bonds is 5. The number of amides is 1. The third-order valence-electron chi connectivity index (χ3n) is 6.95. The summed E-state index contributed by atoms with van der Waals surface area (Å²) in [6.07, 6.45) is 4.97. The van der Waals surface area contributed by atoms with Gasteiger partial charge in [-0.15, -0.1) is 0 Å². The van der Waals surface area contributed by atoms with Crippen molar-refractivity contribution in [3.8, 4) is 0 Å². The molecule has 2 aromatic rings. The SMILES string of the molecule is Cn1cccc1C(=O)NC[C@]1(c2ccccc2)CC[C@@H](O)[C@H](N2CCOCC2)CC1. The molecule has 30 heavy (non-hydrogen) atoms. The number of carbonyl (C=O) groups is 1. The zero-order valence-corrected chi connectivity index (χ0v) is 17.8. The molecule has 1 amide bonds. The highest BCUT2D eigenvalue weighted by Crippen LogP contribution is 2.39. The number of morpholine rings is 1. The molecule has 1 saturated carbocycles. The lowest BCUT2D eigenvalue weighted by Gasteiger charge is -2.37.